The standard InChI is InChI=1S/C14H18/c1-11(2)9-10-13-7-5-6-8-14(13)12(3)4/h5-11H,3H2,1-2,4H3/b10-9+. The summed E-state index contributed by atoms with van der Waals surface area (Å²) in [5, 5.41) is 0. The van der Waals surface area contributed by atoms with E-state index in [4.69, 9.17) is 0 Å². The lowest BCUT2D eigenvalue weighted by atomic mass is 10.0. The predicted molar refractivity (Wildman–Crippen MR) is 65.0 cm³/mol. The Balaban J connectivity index is 3.02. The molecule has 0 spiro atoms. The zero-order valence-corrected chi connectivity index (χ0v) is 9.25. The van der Waals surface area contributed by atoms with Crippen LogP contribution in [0.2, 0.25) is 0 Å². The molecule has 0 heteroatoms. The Morgan fingerprint density at radius 1 is 1.29 bits per heavy atom. The molecule has 0 atom stereocenters. The van der Waals surface area contributed by atoms with Crippen LogP contribution in [0.5, 0.6) is 0 Å². The molecule has 0 saturated carbocycles. The molecule has 0 saturated heterocycles. The van der Waals surface area contributed by atoms with Crippen molar-refractivity contribution in [2.45, 2.75) is 20.8 Å². The number of benzene rings is 1. The quantitative estimate of drug-likeness (QED) is 0.656. The minimum Gasteiger partial charge on any atom is -0.0955 e. The maximum Gasteiger partial charge on any atom is -0.0161 e. The zero-order valence-electron chi connectivity index (χ0n) is 9.25. The van der Waals surface area contributed by atoms with Crippen LogP contribution < -0.4 is 0 Å². The Kier molecular flexibility index (Phi) is 3.70. The number of allylic oxidation sites excluding steroid dienone is 2. The van der Waals surface area contributed by atoms with Gasteiger partial charge in [-0.05, 0) is 24.0 Å². The van der Waals surface area contributed by atoms with Gasteiger partial charge in [-0.2, -0.15) is 0 Å². The van der Waals surface area contributed by atoms with E-state index in [2.05, 4.69) is 56.8 Å². The summed E-state index contributed by atoms with van der Waals surface area (Å²) in [6.45, 7) is 10.4. The lowest BCUT2D eigenvalue weighted by Gasteiger charge is -2.05. The van der Waals surface area contributed by atoms with Crippen molar-refractivity contribution in [3.8, 4) is 0 Å². The fourth-order valence-corrected chi connectivity index (χ4v) is 1.33. The molecule has 0 heterocycles. The summed E-state index contributed by atoms with van der Waals surface area (Å²) in [6.07, 6.45) is 4.39. The lowest BCUT2D eigenvalue weighted by molar-refractivity contribution is 0.836. The average molecular weight is 186 g/mol. The van der Waals surface area contributed by atoms with Gasteiger partial charge < -0.3 is 0 Å². The van der Waals surface area contributed by atoms with E-state index in [1.165, 1.54) is 11.1 Å². The molecule has 1 rings (SSSR count). The van der Waals surface area contributed by atoms with E-state index < -0.39 is 0 Å². The number of hydrogen-bond donors (Lipinski definition) is 0. The number of rotatable bonds is 3. The van der Waals surface area contributed by atoms with Gasteiger partial charge in [-0.15, -0.1) is 0 Å². The minimum atomic E-state index is 0.591. The fraction of sp³-hybridized carbons (Fsp3) is 0.286. The van der Waals surface area contributed by atoms with Gasteiger partial charge in [0, 0.05) is 0 Å². The molecular formula is C14H18. The molecule has 0 nitrogen and oxygen atoms in total. The normalized spacial score (nSPS) is 11.1. The monoisotopic (exact) mass is 186 g/mol. The van der Waals surface area contributed by atoms with Gasteiger partial charge in [0.25, 0.3) is 0 Å². The van der Waals surface area contributed by atoms with Crippen LogP contribution >= 0.6 is 0 Å². The molecule has 0 aliphatic heterocycles. The first-order valence-electron chi connectivity index (χ1n) is 5.04. The SMILES string of the molecule is C=C(C)c1ccccc1/C=C/C(C)C. The average Bonchev–Trinajstić information content (AvgIpc) is 2.15. The van der Waals surface area contributed by atoms with Crippen LogP contribution in [-0.2, 0) is 0 Å². The third kappa shape index (κ3) is 2.88. The van der Waals surface area contributed by atoms with E-state index in [0.29, 0.717) is 5.92 Å². The number of hydrogen-bond acceptors (Lipinski definition) is 0. The molecule has 0 aromatic heterocycles. The van der Waals surface area contributed by atoms with Gasteiger partial charge in [0.15, 0.2) is 0 Å². The van der Waals surface area contributed by atoms with E-state index in [0.717, 1.165) is 5.57 Å². The Morgan fingerprint density at radius 3 is 2.50 bits per heavy atom. The molecule has 1 aromatic rings. The molecule has 0 aliphatic rings. The van der Waals surface area contributed by atoms with Crippen molar-refractivity contribution < 1.29 is 0 Å². The third-order valence-corrected chi connectivity index (χ3v) is 2.08. The van der Waals surface area contributed by atoms with Crippen molar-refractivity contribution in [1.82, 2.24) is 0 Å². The summed E-state index contributed by atoms with van der Waals surface area (Å²) in [6, 6.07) is 8.36. The summed E-state index contributed by atoms with van der Waals surface area (Å²) in [5.74, 6) is 0.591. The molecule has 14 heavy (non-hydrogen) atoms. The molecule has 0 N–H and O–H groups in total. The Bertz CT molecular complexity index is 343. The smallest absolute Gasteiger partial charge is 0.0161 e. The summed E-state index contributed by atoms with van der Waals surface area (Å²) in [5.41, 5.74) is 3.62. The van der Waals surface area contributed by atoms with Gasteiger partial charge in [0.2, 0.25) is 0 Å². The van der Waals surface area contributed by atoms with E-state index in [-0.39, 0.29) is 0 Å². The molecule has 0 fully saturated rings. The zero-order chi connectivity index (χ0) is 10.6. The summed E-state index contributed by atoms with van der Waals surface area (Å²) in [4.78, 5) is 0. The predicted octanol–water partition coefficient (Wildman–Crippen LogP) is 4.39. The second kappa shape index (κ2) is 4.80. The molecule has 74 valence electrons. The van der Waals surface area contributed by atoms with Crippen LogP contribution in [0, 0.1) is 5.92 Å². The first-order chi connectivity index (χ1) is 6.61. The van der Waals surface area contributed by atoms with Crippen molar-refractivity contribution in [2.75, 3.05) is 0 Å². The maximum absolute atomic E-state index is 3.98. The first-order valence-corrected chi connectivity index (χ1v) is 5.04. The van der Waals surface area contributed by atoms with E-state index in [1.807, 2.05) is 6.92 Å². The van der Waals surface area contributed by atoms with Crippen LogP contribution in [0.4, 0.5) is 0 Å². The van der Waals surface area contributed by atoms with Gasteiger partial charge in [0.1, 0.15) is 0 Å². The Hall–Kier alpha value is -1.30. The highest BCUT2D eigenvalue weighted by atomic mass is 14.0. The van der Waals surface area contributed by atoms with Gasteiger partial charge in [-0.1, -0.05) is 62.4 Å². The van der Waals surface area contributed by atoms with Gasteiger partial charge in [-0.3, -0.25) is 0 Å². The maximum atomic E-state index is 3.98. The van der Waals surface area contributed by atoms with Crippen LogP contribution in [0.25, 0.3) is 11.6 Å². The topological polar surface area (TPSA) is 0 Å². The highest BCUT2D eigenvalue weighted by molar-refractivity contribution is 5.71. The van der Waals surface area contributed by atoms with Crippen LogP contribution in [0.15, 0.2) is 36.9 Å². The molecule has 0 unspecified atom stereocenters. The van der Waals surface area contributed by atoms with Crippen LogP contribution in [-0.4, -0.2) is 0 Å². The molecular weight excluding hydrogens is 168 g/mol. The second-order valence-electron chi connectivity index (χ2n) is 3.97. The van der Waals surface area contributed by atoms with Gasteiger partial charge in [-0.25, -0.2) is 0 Å². The first kappa shape index (κ1) is 10.8. The van der Waals surface area contributed by atoms with Crippen molar-refractivity contribution in [3.63, 3.8) is 0 Å². The van der Waals surface area contributed by atoms with Crippen molar-refractivity contribution in [3.05, 3.63) is 48.0 Å². The highest BCUT2D eigenvalue weighted by Crippen LogP contribution is 2.18. The van der Waals surface area contributed by atoms with E-state index in [9.17, 15) is 0 Å². The molecule has 0 bridgehead atoms. The lowest BCUT2D eigenvalue weighted by Crippen LogP contribution is -1.84. The summed E-state index contributed by atoms with van der Waals surface area (Å²) >= 11 is 0. The van der Waals surface area contributed by atoms with E-state index >= 15 is 0 Å². The van der Waals surface area contributed by atoms with Crippen molar-refractivity contribution in [2.24, 2.45) is 5.92 Å². The second-order valence-corrected chi connectivity index (χ2v) is 3.97. The Labute approximate surface area is 87.0 Å². The summed E-state index contributed by atoms with van der Waals surface area (Å²) in [7, 11) is 0. The molecule has 0 amide bonds. The largest absolute Gasteiger partial charge is 0.0955 e. The third-order valence-electron chi connectivity index (χ3n) is 2.08. The van der Waals surface area contributed by atoms with Gasteiger partial charge >= 0.3 is 0 Å². The van der Waals surface area contributed by atoms with E-state index in [1.54, 1.807) is 0 Å². The fourth-order valence-electron chi connectivity index (χ4n) is 1.33. The molecule has 1 aromatic carbocycles. The van der Waals surface area contributed by atoms with Gasteiger partial charge in [0.05, 0.1) is 0 Å². The highest BCUT2D eigenvalue weighted by Gasteiger charge is 1.98. The Morgan fingerprint density at radius 2 is 1.93 bits per heavy atom. The summed E-state index contributed by atoms with van der Waals surface area (Å²) < 4.78 is 0. The van der Waals surface area contributed by atoms with Crippen LogP contribution in [0.1, 0.15) is 31.9 Å². The van der Waals surface area contributed by atoms with Crippen molar-refractivity contribution >= 4 is 11.6 Å². The molecule has 0 aliphatic carbocycles. The minimum absolute atomic E-state index is 0.591. The van der Waals surface area contributed by atoms with Crippen LogP contribution in [0.3, 0.4) is 0 Å². The molecule has 0 radical (unpaired) electrons. The van der Waals surface area contributed by atoms with Crippen molar-refractivity contribution in [1.29, 1.82) is 0 Å².